The van der Waals surface area contributed by atoms with Gasteiger partial charge in [-0.3, -0.25) is 25.1 Å². The first-order chi connectivity index (χ1) is 20.9. The van der Waals surface area contributed by atoms with Crippen LogP contribution in [0, 0.1) is 23.2 Å². The fourth-order valence-corrected chi connectivity index (χ4v) is 11.1. The number of methoxy groups -OCH3 is 1. The first-order valence-electron chi connectivity index (χ1n) is 16.5. The second kappa shape index (κ2) is 13.5. The summed E-state index contributed by atoms with van der Waals surface area (Å²) in [6.45, 7) is 7.17. The van der Waals surface area contributed by atoms with Gasteiger partial charge in [0, 0.05) is 44.0 Å². The number of rotatable bonds is 7. The van der Waals surface area contributed by atoms with Crippen molar-refractivity contribution in [1.29, 1.82) is 5.26 Å². The van der Waals surface area contributed by atoms with Crippen LogP contribution < -0.4 is 10.6 Å². The third-order valence-corrected chi connectivity index (χ3v) is 13.4. The predicted octanol–water partition coefficient (Wildman–Crippen LogP) is 2.31. The van der Waals surface area contributed by atoms with Gasteiger partial charge in [0.1, 0.15) is 0 Å². The molecule has 4 aliphatic heterocycles. The number of ketones is 1. The van der Waals surface area contributed by atoms with E-state index in [1.165, 1.54) is 25.3 Å². The van der Waals surface area contributed by atoms with Crippen LogP contribution in [0.5, 0.6) is 0 Å². The zero-order valence-corrected chi connectivity index (χ0v) is 26.7. The van der Waals surface area contributed by atoms with Crippen LogP contribution in [0.3, 0.4) is 0 Å². The van der Waals surface area contributed by atoms with Gasteiger partial charge in [0.2, 0.25) is 5.91 Å². The minimum Gasteiger partial charge on any atom is -0.381 e. The van der Waals surface area contributed by atoms with Crippen molar-refractivity contribution in [3.05, 3.63) is 12.7 Å². The molecule has 1 spiro atoms. The van der Waals surface area contributed by atoms with Crippen molar-refractivity contribution in [1.82, 2.24) is 25.3 Å². The molecule has 238 valence electrons. The third kappa shape index (κ3) is 6.18. The van der Waals surface area contributed by atoms with Gasteiger partial charge < -0.3 is 19.3 Å². The zero-order chi connectivity index (χ0) is 30.1. The summed E-state index contributed by atoms with van der Waals surface area (Å²) in [5, 5.41) is 17.4. The van der Waals surface area contributed by atoms with Crippen LogP contribution in [0.15, 0.2) is 12.7 Å². The van der Waals surface area contributed by atoms with E-state index in [0.717, 1.165) is 45.1 Å². The average Bonchev–Trinajstić information content (AvgIpc) is 3.45. The number of piperazine rings is 1. The van der Waals surface area contributed by atoms with Gasteiger partial charge in [-0.1, -0.05) is 6.58 Å². The molecule has 10 nitrogen and oxygen atoms in total. The van der Waals surface area contributed by atoms with Gasteiger partial charge >= 0.3 is 0 Å². The summed E-state index contributed by atoms with van der Waals surface area (Å²) >= 11 is 1.97. The second-order valence-electron chi connectivity index (χ2n) is 13.6. The molecule has 6 aliphatic rings. The molecule has 6 fully saturated rings. The highest BCUT2D eigenvalue weighted by Gasteiger charge is 2.58. The number of ether oxygens (including phenoxy) is 2. The van der Waals surface area contributed by atoms with E-state index < -0.39 is 6.35 Å². The quantitative estimate of drug-likeness (QED) is 0.415. The largest absolute Gasteiger partial charge is 0.381 e. The van der Waals surface area contributed by atoms with Crippen LogP contribution in [0.2, 0.25) is 0 Å². The number of hydrogen-bond donors (Lipinski definition) is 2. The van der Waals surface area contributed by atoms with E-state index in [2.05, 4.69) is 40.1 Å². The molecule has 0 bridgehead atoms. The number of Topliss-reactive ketones (excluding diaryl/α,β-unsaturated/α-hetero) is 1. The molecule has 0 aromatic heterocycles. The van der Waals surface area contributed by atoms with E-state index >= 15 is 0 Å². The number of nitriles is 1. The Hall–Kier alpha value is -1.52. The summed E-state index contributed by atoms with van der Waals surface area (Å²) in [5.74, 6) is 0.852. The first kappa shape index (κ1) is 31.5. The molecule has 9 unspecified atom stereocenters. The van der Waals surface area contributed by atoms with E-state index in [0.29, 0.717) is 55.3 Å². The second-order valence-corrected chi connectivity index (χ2v) is 15.2. The molecule has 10 atom stereocenters. The summed E-state index contributed by atoms with van der Waals surface area (Å²) in [6, 6.07) is 2.17. The normalized spacial score (nSPS) is 42.3. The standard InChI is InChI=1S/C32H50N6O4S/c1-4-27(39)38-18-17-37(19-21(38)12-15-33)30-24-11-14-32(13-10-23-25(41-3)8-5-9-26(23)43-32)29(40)28(24)34-31(35-30)42-20-22-7-6-16-36(22)2/h4,21-26,28,30-31,34-35H,1,5-14,16-20H2,2-3H3/t21?,22?,23?,24?,25?,26?,28?,30?,31?,32-/m0/s1. The lowest BCUT2D eigenvalue weighted by Gasteiger charge is -2.56. The van der Waals surface area contributed by atoms with Gasteiger partial charge in [-0.2, -0.15) is 5.26 Å². The Balaban J connectivity index is 1.22. The van der Waals surface area contributed by atoms with E-state index in [1.54, 1.807) is 4.90 Å². The van der Waals surface area contributed by atoms with Gasteiger partial charge in [-0.15, -0.1) is 11.8 Å². The van der Waals surface area contributed by atoms with Crippen molar-refractivity contribution in [2.75, 3.05) is 46.9 Å². The van der Waals surface area contributed by atoms with E-state index in [1.807, 2.05) is 18.9 Å². The highest BCUT2D eigenvalue weighted by Crippen LogP contribution is 2.55. The fourth-order valence-electron chi connectivity index (χ4n) is 9.00. The summed E-state index contributed by atoms with van der Waals surface area (Å²) < 4.78 is 12.0. The fraction of sp³-hybridized carbons (Fsp3) is 0.844. The van der Waals surface area contributed by atoms with Gasteiger partial charge in [-0.05, 0) is 83.4 Å². The molecule has 1 amide bonds. The Morgan fingerprint density at radius 1 is 1.12 bits per heavy atom. The van der Waals surface area contributed by atoms with Crippen molar-refractivity contribution in [3.8, 4) is 6.07 Å². The number of likely N-dealkylation sites (tertiary alicyclic amines) is 1. The number of likely N-dealkylation sites (N-methyl/N-ethyl adjacent to an activating group) is 1. The molecule has 11 heteroatoms. The molecule has 2 saturated carbocycles. The molecule has 4 saturated heterocycles. The number of fused-ring (bicyclic) bond motifs is 2. The Morgan fingerprint density at radius 2 is 1.93 bits per heavy atom. The Morgan fingerprint density at radius 3 is 2.65 bits per heavy atom. The van der Waals surface area contributed by atoms with Crippen molar-refractivity contribution in [3.63, 3.8) is 0 Å². The number of carbonyl (C=O) groups is 2. The summed E-state index contributed by atoms with van der Waals surface area (Å²) in [7, 11) is 4.00. The lowest BCUT2D eigenvalue weighted by atomic mass is 9.70. The summed E-state index contributed by atoms with van der Waals surface area (Å²) in [5.41, 5.74) is 0. The molecule has 43 heavy (non-hydrogen) atoms. The maximum absolute atomic E-state index is 14.7. The average molecular weight is 615 g/mol. The van der Waals surface area contributed by atoms with Crippen molar-refractivity contribution in [2.45, 2.75) is 111 Å². The van der Waals surface area contributed by atoms with E-state index in [-0.39, 0.29) is 41.2 Å². The molecular weight excluding hydrogens is 564 g/mol. The lowest BCUT2D eigenvalue weighted by molar-refractivity contribution is -0.145. The SMILES string of the molecule is C=CC(=O)N1CCN(C2NC(OCC3CCCN3C)NC3C(=O)[C@]4(CCC5C(OC)CCCC5S4)CCC32)CC1CC#N. The third-order valence-electron chi connectivity index (χ3n) is 11.4. The molecule has 2 aliphatic carbocycles. The smallest absolute Gasteiger partial charge is 0.246 e. The van der Waals surface area contributed by atoms with Crippen molar-refractivity contribution >= 4 is 23.5 Å². The van der Waals surface area contributed by atoms with Gasteiger partial charge in [-0.25, -0.2) is 0 Å². The number of nitrogens with zero attached hydrogens (tertiary/aromatic N) is 4. The first-order valence-corrected chi connectivity index (χ1v) is 17.4. The molecule has 4 heterocycles. The van der Waals surface area contributed by atoms with Crippen LogP contribution in [0.4, 0.5) is 0 Å². The Bertz CT molecular complexity index is 1090. The van der Waals surface area contributed by atoms with E-state index in [9.17, 15) is 14.9 Å². The molecule has 0 aromatic carbocycles. The number of nitrogens with one attached hydrogen (secondary N) is 2. The minimum absolute atomic E-state index is 0.0741. The highest BCUT2D eigenvalue weighted by molar-refractivity contribution is 8.02. The molecule has 6 rings (SSSR count). The molecule has 0 radical (unpaired) electrons. The number of thioether (sulfide) groups is 1. The number of carbonyl (C=O) groups excluding carboxylic acids is 2. The molecular formula is C32H50N6O4S. The maximum Gasteiger partial charge on any atom is 0.246 e. The Labute approximate surface area is 261 Å². The lowest BCUT2D eigenvalue weighted by Crippen LogP contribution is -2.75. The molecule has 2 N–H and O–H groups in total. The van der Waals surface area contributed by atoms with Gasteiger partial charge in [0.15, 0.2) is 12.1 Å². The van der Waals surface area contributed by atoms with Gasteiger partial charge in [0.05, 0.1) is 48.2 Å². The van der Waals surface area contributed by atoms with Crippen LogP contribution in [0.25, 0.3) is 0 Å². The summed E-state index contributed by atoms with van der Waals surface area (Å²) in [6.07, 6.45) is 11.0. The highest BCUT2D eigenvalue weighted by atomic mass is 32.2. The monoisotopic (exact) mass is 614 g/mol. The number of hydrogen-bond acceptors (Lipinski definition) is 10. The number of amides is 1. The topological polar surface area (TPSA) is 110 Å². The Kier molecular flexibility index (Phi) is 9.84. The van der Waals surface area contributed by atoms with E-state index in [4.69, 9.17) is 9.47 Å². The van der Waals surface area contributed by atoms with Crippen LogP contribution in [-0.2, 0) is 19.1 Å². The zero-order valence-electron chi connectivity index (χ0n) is 25.9. The van der Waals surface area contributed by atoms with Crippen molar-refractivity contribution in [2.24, 2.45) is 11.8 Å². The maximum atomic E-state index is 14.7. The molecule has 0 aromatic rings. The van der Waals surface area contributed by atoms with Crippen molar-refractivity contribution < 1.29 is 19.1 Å². The van der Waals surface area contributed by atoms with Crippen LogP contribution >= 0.6 is 11.8 Å². The minimum atomic E-state index is -0.435. The summed E-state index contributed by atoms with van der Waals surface area (Å²) in [4.78, 5) is 33.8. The van der Waals surface area contributed by atoms with Crippen LogP contribution in [-0.4, -0.2) is 120 Å². The van der Waals surface area contributed by atoms with Gasteiger partial charge in [0.25, 0.3) is 0 Å². The predicted molar refractivity (Wildman–Crippen MR) is 166 cm³/mol. The van der Waals surface area contributed by atoms with Crippen LogP contribution in [0.1, 0.15) is 64.2 Å².